The zero-order valence-electron chi connectivity index (χ0n) is 21.1. The Kier molecular flexibility index (Phi) is 7.90. The molecule has 3 heterocycles. The van der Waals surface area contributed by atoms with Crippen molar-refractivity contribution in [1.82, 2.24) is 9.55 Å². The monoisotopic (exact) mass is 466 g/mol. The average molecular weight is 467 g/mol. The summed E-state index contributed by atoms with van der Waals surface area (Å²) < 4.78 is 16.3. The molecule has 0 radical (unpaired) electrons. The number of carbonyl (C=O) groups is 1. The maximum atomic E-state index is 14.5. The van der Waals surface area contributed by atoms with E-state index in [2.05, 4.69) is 0 Å². The number of carboxylic acid groups (broad SMARTS) is 1. The zero-order valence-corrected chi connectivity index (χ0v) is 21.1. The van der Waals surface area contributed by atoms with Gasteiger partial charge in [0, 0.05) is 29.0 Å². The van der Waals surface area contributed by atoms with E-state index in [0.29, 0.717) is 29.6 Å². The Hall–Kier alpha value is -3.02. The molecule has 1 aliphatic carbocycles. The molecular weight excluding hydrogens is 431 g/mol. The van der Waals surface area contributed by atoms with Crippen molar-refractivity contribution in [3.8, 4) is 11.4 Å². The van der Waals surface area contributed by atoms with Gasteiger partial charge in [-0.15, -0.1) is 0 Å². The second-order valence-electron chi connectivity index (χ2n) is 8.30. The number of rotatable bonds is 4. The maximum absolute atomic E-state index is 14.5. The lowest BCUT2D eigenvalue weighted by atomic mass is 9.85. The molecule has 5 nitrogen and oxygen atoms in total. The van der Waals surface area contributed by atoms with Gasteiger partial charge in [-0.1, -0.05) is 34.6 Å². The Bertz CT molecular complexity index is 1310. The predicted molar refractivity (Wildman–Crippen MR) is 135 cm³/mol. The van der Waals surface area contributed by atoms with Crippen molar-refractivity contribution in [2.45, 2.75) is 86.6 Å². The summed E-state index contributed by atoms with van der Waals surface area (Å²) in [4.78, 5) is 29.2. The summed E-state index contributed by atoms with van der Waals surface area (Å²) in [6.45, 7) is 12.2. The zero-order chi connectivity index (χ0) is 25.2. The number of benzene rings is 1. The molecule has 0 atom stereocenters. The van der Waals surface area contributed by atoms with Gasteiger partial charge >= 0.3 is 5.97 Å². The summed E-state index contributed by atoms with van der Waals surface area (Å²) >= 11 is 0. The normalized spacial score (nSPS) is 12.8. The highest BCUT2D eigenvalue weighted by Gasteiger charge is 2.30. The van der Waals surface area contributed by atoms with Gasteiger partial charge < -0.3 is 9.67 Å². The molecule has 1 aromatic carbocycles. The van der Waals surface area contributed by atoms with Crippen LogP contribution in [0.4, 0.5) is 4.39 Å². The van der Waals surface area contributed by atoms with Crippen LogP contribution in [0.5, 0.6) is 0 Å². The highest BCUT2D eigenvalue weighted by molar-refractivity contribution is 5.92. The molecule has 182 valence electrons. The average Bonchev–Trinajstić information content (AvgIpc) is 3.23. The van der Waals surface area contributed by atoms with Crippen LogP contribution in [-0.2, 0) is 37.0 Å². The number of aliphatic carboxylic acids is 1. The highest BCUT2D eigenvalue weighted by atomic mass is 19.1. The molecule has 5 rings (SSSR count). The van der Waals surface area contributed by atoms with Gasteiger partial charge in [0.25, 0.3) is 5.56 Å². The number of hydrogen-bond acceptors (Lipinski definition) is 3. The minimum Gasteiger partial charge on any atom is -0.481 e. The number of nitrogens with zero attached hydrogens (tertiary/aromatic N) is 2. The van der Waals surface area contributed by atoms with E-state index >= 15 is 0 Å². The number of hydrogen-bond donors (Lipinski definition) is 1. The lowest BCUT2D eigenvalue weighted by molar-refractivity contribution is -0.136. The molecular formula is C28H35FN2O3. The fraction of sp³-hybridized carbons (Fsp3) is 0.464. The number of aryl methyl sites for hydroxylation is 3. The second kappa shape index (κ2) is 10.5. The third-order valence-corrected chi connectivity index (χ3v) is 6.69. The standard InChI is InChI=1S/C24H23FN2O3.2C2H6/c1-3-13-9-20-23-17(11-27(20)24(30)15(13)7-8-21(28)29)16-6-4-5-14-12(2)18(25)10-19(26-23)22(14)16;2*1-2/h9-10H,3-8,11H2,1-2H3,(H,28,29);2*1-2H3. The molecule has 0 amide bonds. The summed E-state index contributed by atoms with van der Waals surface area (Å²) in [5.41, 5.74) is 7.50. The fourth-order valence-corrected chi connectivity index (χ4v) is 5.17. The van der Waals surface area contributed by atoms with Crippen molar-refractivity contribution in [2.75, 3.05) is 0 Å². The van der Waals surface area contributed by atoms with Gasteiger partial charge in [0.2, 0.25) is 0 Å². The number of aromatic nitrogens is 2. The van der Waals surface area contributed by atoms with Crippen LogP contribution in [0.3, 0.4) is 0 Å². The maximum Gasteiger partial charge on any atom is 0.303 e. The van der Waals surface area contributed by atoms with Crippen molar-refractivity contribution in [3.63, 3.8) is 0 Å². The predicted octanol–water partition coefficient (Wildman–Crippen LogP) is 5.99. The fourth-order valence-electron chi connectivity index (χ4n) is 5.17. The first-order valence-electron chi connectivity index (χ1n) is 12.5. The van der Waals surface area contributed by atoms with Crippen molar-refractivity contribution in [2.24, 2.45) is 0 Å². The molecule has 2 aliphatic rings. The molecule has 1 aliphatic heterocycles. The van der Waals surface area contributed by atoms with Gasteiger partial charge in [-0.2, -0.15) is 0 Å². The first-order chi connectivity index (χ1) is 16.4. The number of fused-ring (bicyclic) bond motifs is 4. The Morgan fingerprint density at radius 1 is 1.12 bits per heavy atom. The van der Waals surface area contributed by atoms with Crippen molar-refractivity contribution >= 4 is 16.9 Å². The number of pyridine rings is 2. The van der Waals surface area contributed by atoms with Crippen LogP contribution < -0.4 is 5.56 Å². The smallest absolute Gasteiger partial charge is 0.303 e. The van der Waals surface area contributed by atoms with E-state index in [9.17, 15) is 14.0 Å². The van der Waals surface area contributed by atoms with E-state index in [1.807, 2.05) is 47.6 Å². The third kappa shape index (κ3) is 4.15. The molecule has 0 unspecified atom stereocenters. The van der Waals surface area contributed by atoms with Crippen LogP contribution in [0, 0.1) is 12.7 Å². The van der Waals surface area contributed by atoms with Crippen molar-refractivity contribution in [1.29, 1.82) is 0 Å². The first-order valence-corrected chi connectivity index (χ1v) is 12.5. The van der Waals surface area contributed by atoms with E-state index in [4.69, 9.17) is 10.1 Å². The van der Waals surface area contributed by atoms with Crippen LogP contribution in [0.1, 0.15) is 80.8 Å². The van der Waals surface area contributed by atoms with Gasteiger partial charge in [-0.3, -0.25) is 9.59 Å². The molecule has 0 spiro atoms. The van der Waals surface area contributed by atoms with E-state index < -0.39 is 5.97 Å². The van der Waals surface area contributed by atoms with E-state index in [-0.39, 0.29) is 24.2 Å². The van der Waals surface area contributed by atoms with Crippen molar-refractivity contribution in [3.05, 3.63) is 61.7 Å². The quantitative estimate of drug-likeness (QED) is 0.401. The Labute approximate surface area is 200 Å². The Morgan fingerprint density at radius 2 is 1.79 bits per heavy atom. The summed E-state index contributed by atoms with van der Waals surface area (Å²) in [5, 5.41) is 10.1. The SMILES string of the molecule is CC.CC.CCc1cc2n(c(=O)c1CCC(=O)O)Cc1c-2nc2cc(F)c(C)c3c2c1CCC3. The lowest BCUT2D eigenvalue weighted by Crippen LogP contribution is -2.25. The Balaban J connectivity index is 0.000000771. The van der Waals surface area contributed by atoms with Crippen LogP contribution in [0.25, 0.3) is 22.3 Å². The van der Waals surface area contributed by atoms with E-state index in [1.54, 1.807) is 4.57 Å². The molecule has 34 heavy (non-hydrogen) atoms. The number of carboxylic acids is 1. The van der Waals surface area contributed by atoms with Gasteiger partial charge in [0.1, 0.15) is 5.82 Å². The summed E-state index contributed by atoms with van der Waals surface area (Å²) in [6, 6.07) is 3.50. The molecule has 3 aromatic rings. The molecule has 6 heteroatoms. The minimum absolute atomic E-state index is 0.0656. The molecule has 2 aromatic heterocycles. The molecule has 0 fully saturated rings. The number of halogens is 1. The largest absolute Gasteiger partial charge is 0.481 e. The minimum atomic E-state index is -0.910. The van der Waals surface area contributed by atoms with Crippen LogP contribution in [0.2, 0.25) is 0 Å². The molecule has 0 saturated heterocycles. The van der Waals surface area contributed by atoms with Gasteiger partial charge in [-0.25, -0.2) is 9.37 Å². The second-order valence-corrected chi connectivity index (χ2v) is 8.30. The summed E-state index contributed by atoms with van der Waals surface area (Å²) in [5.74, 6) is -1.14. The van der Waals surface area contributed by atoms with Gasteiger partial charge in [0.05, 0.1) is 23.4 Å². The Morgan fingerprint density at radius 3 is 2.44 bits per heavy atom. The van der Waals surface area contributed by atoms with Crippen LogP contribution >= 0.6 is 0 Å². The summed E-state index contributed by atoms with van der Waals surface area (Å²) in [6.07, 6.45) is 3.51. The first kappa shape index (κ1) is 25.6. The van der Waals surface area contributed by atoms with Crippen LogP contribution in [-0.4, -0.2) is 20.6 Å². The lowest BCUT2D eigenvalue weighted by Gasteiger charge is -2.21. The van der Waals surface area contributed by atoms with Gasteiger partial charge in [0.15, 0.2) is 0 Å². The molecule has 0 saturated carbocycles. The summed E-state index contributed by atoms with van der Waals surface area (Å²) in [7, 11) is 0. The third-order valence-electron chi connectivity index (χ3n) is 6.69. The molecule has 0 bridgehead atoms. The highest BCUT2D eigenvalue weighted by Crippen LogP contribution is 2.41. The van der Waals surface area contributed by atoms with Gasteiger partial charge in [-0.05, 0) is 67.3 Å². The van der Waals surface area contributed by atoms with E-state index in [0.717, 1.165) is 52.7 Å². The molecule has 1 N–H and O–H groups in total. The van der Waals surface area contributed by atoms with Crippen molar-refractivity contribution < 1.29 is 14.3 Å². The van der Waals surface area contributed by atoms with Crippen LogP contribution in [0.15, 0.2) is 16.9 Å². The topological polar surface area (TPSA) is 72.2 Å². The van der Waals surface area contributed by atoms with E-state index in [1.165, 1.54) is 11.6 Å².